The van der Waals surface area contributed by atoms with Crippen LogP contribution in [0.25, 0.3) is 6.08 Å². The third-order valence-corrected chi connectivity index (χ3v) is 3.29. The van der Waals surface area contributed by atoms with Crippen molar-refractivity contribution in [3.63, 3.8) is 0 Å². The molecular formula is C16H19NO5. The second-order valence-corrected chi connectivity index (χ2v) is 4.81. The minimum Gasteiger partial charge on any atom is -0.490 e. The number of ether oxygens (including phenoxy) is 2. The van der Waals surface area contributed by atoms with Gasteiger partial charge in [0.25, 0.3) is 5.91 Å². The van der Waals surface area contributed by atoms with Gasteiger partial charge in [0.2, 0.25) is 0 Å². The highest BCUT2D eigenvalue weighted by Gasteiger charge is 2.33. The van der Waals surface area contributed by atoms with E-state index < -0.39 is 12.1 Å². The zero-order valence-corrected chi connectivity index (χ0v) is 12.8. The molecule has 0 fully saturated rings. The molecule has 2 rings (SSSR count). The van der Waals surface area contributed by atoms with Crippen molar-refractivity contribution >= 4 is 23.6 Å². The minimum absolute atomic E-state index is 0.128. The number of carboxylic acid groups (broad SMARTS) is 1. The molecule has 1 aromatic carbocycles. The zero-order valence-electron chi connectivity index (χ0n) is 12.8. The van der Waals surface area contributed by atoms with Gasteiger partial charge in [0.05, 0.1) is 12.3 Å². The number of likely N-dealkylation sites (N-methyl/N-ethyl adjacent to an activating group) is 1. The molecule has 0 saturated heterocycles. The van der Waals surface area contributed by atoms with Gasteiger partial charge in [-0.15, -0.1) is 0 Å². The van der Waals surface area contributed by atoms with Crippen LogP contribution in [-0.4, -0.2) is 36.2 Å². The summed E-state index contributed by atoms with van der Waals surface area (Å²) in [6.45, 7) is 6.36. The molecule has 1 aromatic rings. The SMILES string of the molecule is CCOc1cc(/C=C/C(=O)O)cc2c1OC(C)C(=O)N2CC. The molecule has 1 aliphatic rings. The van der Waals surface area contributed by atoms with E-state index in [0.717, 1.165) is 6.08 Å². The topological polar surface area (TPSA) is 76.1 Å². The molecule has 1 N–H and O–H groups in total. The second-order valence-electron chi connectivity index (χ2n) is 4.81. The molecule has 1 atom stereocenters. The second kappa shape index (κ2) is 6.51. The van der Waals surface area contributed by atoms with Crippen molar-refractivity contribution in [2.45, 2.75) is 26.9 Å². The first kappa shape index (κ1) is 15.9. The van der Waals surface area contributed by atoms with Crippen molar-refractivity contribution in [2.75, 3.05) is 18.1 Å². The van der Waals surface area contributed by atoms with Gasteiger partial charge in [-0.2, -0.15) is 0 Å². The maximum Gasteiger partial charge on any atom is 0.328 e. The Morgan fingerprint density at radius 3 is 2.77 bits per heavy atom. The molecule has 1 heterocycles. The fraction of sp³-hybridized carbons (Fsp3) is 0.375. The summed E-state index contributed by atoms with van der Waals surface area (Å²) < 4.78 is 11.3. The molecule has 0 saturated carbocycles. The van der Waals surface area contributed by atoms with Gasteiger partial charge in [-0.1, -0.05) is 0 Å². The zero-order chi connectivity index (χ0) is 16.3. The first-order valence-electron chi connectivity index (χ1n) is 7.17. The van der Waals surface area contributed by atoms with Crippen molar-refractivity contribution in [2.24, 2.45) is 0 Å². The van der Waals surface area contributed by atoms with Gasteiger partial charge in [0.15, 0.2) is 17.6 Å². The number of carbonyl (C=O) groups is 2. The van der Waals surface area contributed by atoms with Crippen molar-refractivity contribution in [3.05, 3.63) is 23.8 Å². The molecule has 1 amide bonds. The predicted octanol–water partition coefficient (Wildman–Crippen LogP) is 2.32. The van der Waals surface area contributed by atoms with E-state index in [0.29, 0.717) is 35.9 Å². The third-order valence-electron chi connectivity index (χ3n) is 3.29. The Morgan fingerprint density at radius 2 is 2.18 bits per heavy atom. The van der Waals surface area contributed by atoms with Crippen LogP contribution in [0.3, 0.4) is 0 Å². The lowest BCUT2D eigenvalue weighted by Gasteiger charge is -2.33. The monoisotopic (exact) mass is 305 g/mol. The summed E-state index contributed by atoms with van der Waals surface area (Å²) in [5, 5.41) is 8.75. The molecular weight excluding hydrogens is 286 g/mol. The minimum atomic E-state index is -1.04. The fourth-order valence-corrected chi connectivity index (χ4v) is 2.35. The van der Waals surface area contributed by atoms with Crippen LogP contribution in [0.5, 0.6) is 11.5 Å². The van der Waals surface area contributed by atoms with Gasteiger partial charge in [0, 0.05) is 12.6 Å². The van der Waals surface area contributed by atoms with Gasteiger partial charge in [-0.25, -0.2) is 4.79 Å². The summed E-state index contributed by atoms with van der Waals surface area (Å²) in [6.07, 6.45) is 1.93. The van der Waals surface area contributed by atoms with Crippen molar-refractivity contribution < 1.29 is 24.2 Å². The number of aliphatic carboxylic acids is 1. The third kappa shape index (κ3) is 3.05. The molecule has 1 aliphatic heterocycles. The predicted molar refractivity (Wildman–Crippen MR) is 82.4 cm³/mol. The number of fused-ring (bicyclic) bond motifs is 1. The molecule has 118 valence electrons. The highest BCUT2D eigenvalue weighted by molar-refractivity contribution is 6.01. The van der Waals surface area contributed by atoms with Gasteiger partial charge in [-0.05, 0) is 44.5 Å². The van der Waals surface area contributed by atoms with Gasteiger partial charge >= 0.3 is 5.97 Å². The number of nitrogens with zero attached hydrogens (tertiary/aromatic N) is 1. The molecule has 6 heteroatoms. The van der Waals surface area contributed by atoms with Crippen LogP contribution >= 0.6 is 0 Å². The van der Waals surface area contributed by atoms with E-state index in [9.17, 15) is 9.59 Å². The highest BCUT2D eigenvalue weighted by atomic mass is 16.5. The van der Waals surface area contributed by atoms with Crippen LogP contribution < -0.4 is 14.4 Å². The van der Waals surface area contributed by atoms with E-state index in [2.05, 4.69) is 0 Å². The van der Waals surface area contributed by atoms with Crippen LogP contribution in [0.2, 0.25) is 0 Å². The number of anilines is 1. The molecule has 0 bridgehead atoms. The molecule has 0 spiro atoms. The van der Waals surface area contributed by atoms with Gasteiger partial charge in [0.1, 0.15) is 0 Å². The van der Waals surface area contributed by atoms with Crippen molar-refractivity contribution in [3.8, 4) is 11.5 Å². The molecule has 0 aliphatic carbocycles. The number of rotatable bonds is 5. The van der Waals surface area contributed by atoms with Crippen LogP contribution in [0, 0.1) is 0 Å². The number of hydrogen-bond donors (Lipinski definition) is 1. The van der Waals surface area contributed by atoms with E-state index in [1.807, 2.05) is 13.8 Å². The Hall–Kier alpha value is -2.50. The molecule has 22 heavy (non-hydrogen) atoms. The summed E-state index contributed by atoms with van der Waals surface area (Å²) in [4.78, 5) is 24.5. The van der Waals surface area contributed by atoms with Crippen LogP contribution in [-0.2, 0) is 9.59 Å². The lowest BCUT2D eigenvalue weighted by atomic mass is 10.1. The average Bonchev–Trinajstić information content (AvgIpc) is 2.47. The number of amides is 1. The maximum atomic E-state index is 12.2. The molecule has 6 nitrogen and oxygen atoms in total. The highest BCUT2D eigenvalue weighted by Crippen LogP contribution is 2.43. The molecule has 0 aromatic heterocycles. The number of carboxylic acids is 1. The molecule has 1 unspecified atom stereocenters. The van der Waals surface area contributed by atoms with Gasteiger partial charge < -0.3 is 19.5 Å². The number of carbonyl (C=O) groups excluding carboxylic acids is 1. The average molecular weight is 305 g/mol. The Morgan fingerprint density at radius 1 is 1.45 bits per heavy atom. The van der Waals surface area contributed by atoms with Crippen LogP contribution in [0.1, 0.15) is 26.3 Å². The Labute approximate surface area is 128 Å². The lowest BCUT2D eigenvalue weighted by Crippen LogP contribution is -2.44. The number of hydrogen-bond acceptors (Lipinski definition) is 4. The van der Waals surface area contributed by atoms with E-state index in [1.165, 1.54) is 6.08 Å². The first-order valence-corrected chi connectivity index (χ1v) is 7.17. The van der Waals surface area contributed by atoms with Crippen molar-refractivity contribution in [1.82, 2.24) is 0 Å². The summed E-state index contributed by atoms with van der Waals surface area (Å²) >= 11 is 0. The largest absolute Gasteiger partial charge is 0.490 e. The Balaban J connectivity index is 2.56. The standard InChI is InChI=1S/C16H19NO5/c1-4-17-12-8-11(6-7-14(18)19)9-13(21-5-2)15(12)22-10(3)16(17)20/h6-10H,4-5H2,1-3H3,(H,18,19)/b7-6+. The van der Waals surface area contributed by atoms with E-state index in [1.54, 1.807) is 24.0 Å². The summed E-state index contributed by atoms with van der Waals surface area (Å²) in [6, 6.07) is 3.43. The summed E-state index contributed by atoms with van der Waals surface area (Å²) in [5.41, 5.74) is 1.23. The quantitative estimate of drug-likeness (QED) is 0.845. The Bertz CT molecular complexity index is 623. The summed E-state index contributed by atoms with van der Waals surface area (Å²) in [5.74, 6) is -0.146. The van der Waals surface area contributed by atoms with Crippen LogP contribution in [0.15, 0.2) is 18.2 Å². The van der Waals surface area contributed by atoms with Crippen LogP contribution in [0.4, 0.5) is 5.69 Å². The van der Waals surface area contributed by atoms with E-state index in [-0.39, 0.29) is 5.91 Å². The first-order chi connectivity index (χ1) is 10.5. The Kier molecular flexibility index (Phi) is 4.70. The fourth-order valence-electron chi connectivity index (χ4n) is 2.35. The van der Waals surface area contributed by atoms with Gasteiger partial charge in [-0.3, -0.25) is 4.79 Å². The smallest absolute Gasteiger partial charge is 0.328 e. The van der Waals surface area contributed by atoms with E-state index in [4.69, 9.17) is 14.6 Å². The van der Waals surface area contributed by atoms with E-state index >= 15 is 0 Å². The summed E-state index contributed by atoms with van der Waals surface area (Å²) in [7, 11) is 0. The number of benzene rings is 1. The maximum absolute atomic E-state index is 12.2. The molecule has 0 radical (unpaired) electrons. The van der Waals surface area contributed by atoms with Crippen molar-refractivity contribution in [1.29, 1.82) is 0 Å². The normalized spacial score (nSPS) is 17.3. The lowest BCUT2D eigenvalue weighted by molar-refractivity contribution is -0.131.